The van der Waals surface area contributed by atoms with Crippen molar-refractivity contribution in [3.05, 3.63) is 28.8 Å². The Kier molecular flexibility index (Phi) is 2.18. The van der Waals surface area contributed by atoms with E-state index >= 15 is 0 Å². The van der Waals surface area contributed by atoms with Crippen molar-refractivity contribution < 1.29 is 10.2 Å². The molecule has 6 heteroatoms. The molecule has 1 aliphatic rings. The maximum absolute atomic E-state index is 11.9. The number of pyridine rings is 1. The van der Waals surface area contributed by atoms with Crippen LogP contribution in [0.5, 0.6) is 5.75 Å². The first-order valence-electron chi connectivity index (χ1n) is 5.75. The van der Waals surface area contributed by atoms with Crippen LogP contribution in [0.3, 0.4) is 0 Å². The second-order valence-corrected chi connectivity index (χ2v) is 5.06. The Morgan fingerprint density at radius 2 is 2.11 bits per heavy atom. The van der Waals surface area contributed by atoms with Crippen LogP contribution in [0.4, 0.5) is 0 Å². The molecule has 3 rings (SSSR count). The van der Waals surface area contributed by atoms with Crippen LogP contribution in [0.25, 0.3) is 11.2 Å². The first-order valence-corrected chi connectivity index (χ1v) is 5.75. The van der Waals surface area contributed by atoms with Crippen LogP contribution in [0.15, 0.2) is 23.3 Å². The van der Waals surface area contributed by atoms with E-state index in [-0.39, 0.29) is 17.4 Å². The summed E-state index contributed by atoms with van der Waals surface area (Å²) in [6.07, 6.45) is 3.55. The summed E-state index contributed by atoms with van der Waals surface area (Å²) in [5.74, 6) is 0.0146. The lowest BCUT2D eigenvalue weighted by Crippen LogP contribution is -2.45. The van der Waals surface area contributed by atoms with E-state index in [1.807, 2.05) is 0 Å². The lowest BCUT2D eigenvalue weighted by atomic mass is 9.77. The molecule has 0 saturated heterocycles. The Labute approximate surface area is 103 Å². The fourth-order valence-electron chi connectivity index (χ4n) is 2.50. The molecule has 1 saturated carbocycles. The van der Waals surface area contributed by atoms with Crippen molar-refractivity contribution in [2.75, 3.05) is 0 Å². The Balaban J connectivity index is 2.16. The molecule has 6 nitrogen and oxygen atoms in total. The van der Waals surface area contributed by atoms with Crippen LogP contribution in [-0.2, 0) is 0 Å². The highest BCUT2D eigenvalue weighted by molar-refractivity contribution is 5.71. The summed E-state index contributed by atoms with van der Waals surface area (Å²) in [4.78, 5) is 19.9. The average Bonchev–Trinajstić information content (AvgIpc) is 2.26. The van der Waals surface area contributed by atoms with Gasteiger partial charge in [-0.2, -0.15) is 0 Å². The number of aromatic nitrogens is 3. The molecule has 2 aromatic heterocycles. The Hall–Kier alpha value is -1.95. The minimum atomic E-state index is -0.712. The predicted octanol–water partition coefficient (Wildman–Crippen LogP) is 0.583. The maximum atomic E-state index is 11.9. The van der Waals surface area contributed by atoms with E-state index in [9.17, 15) is 15.0 Å². The molecule has 0 atom stereocenters. The molecule has 2 heterocycles. The molecule has 0 bridgehead atoms. The van der Waals surface area contributed by atoms with Crippen LogP contribution < -0.4 is 5.56 Å². The summed E-state index contributed by atoms with van der Waals surface area (Å²) < 4.78 is 1.54. The van der Waals surface area contributed by atoms with Crippen molar-refractivity contribution in [2.45, 2.75) is 31.4 Å². The number of aromatic hydroxyl groups is 1. The minimum absolute atomic E-state index is 0.0146. The van der Waals surface area contributed by atoms with Gasteiger partial charge in [-0.1, -0.05) is 0 Å². The van der Waals surface area contributed by atoms with Crippen LogP contribution >= 0.6 is 0 Å². The first kappa shape index (κ1) is 11.2. The monoisotopic (exact) mass is 247 g/mol. The standard InChI is InChI=1S/C12H13N3O3/c1-12(18)3-7(4-12)15-10(17)6-13-9-2-8(16)5-14-11(9)15/h2,5-7,16,18H,3-4H2,1H3. The predicted molar refractivity (Wildman–Crippen MR) is 64.4 cm³/mol. The number of nitrogens with zero attached hydrogens (tertiary/aromatic N) is 3. The number of hydrogen-bond acceptors (Lipinski definition) is 5. The largest absolute Gasteiger partial charge is 0.506 e. The van der Waals surface area contributed by atoms with Gasteiger partial charge in [0.1, 0.15) is 11.3 Å². The van der Waals surface area contributed by atoms with E-state index in [2.05, 4.69) is 9.97 Å². The van der Waals surface area contributed by atoms with Gasteiger partial charge in [-0.05, 0) is 19.8 Å². The fraction of sp³-hybridized carbons (Fsp3) is 0.417. The third kappa shape index (κ3) is 1.65. The lowest BCUT2D eigenvalue weighted by Gasteiger charge is -2.41. The van der Waals surface area contributed by atoms with E-state index in [1.165, 1.54) is 18.5 Å². The van der Waals surface area contributed by atoms with E-state index < -0.39 is 5.60 Å². The van der Waals surface area contributed by atoms with E-state index in [0.29, 0.717) is 24.0 Å². The lowest BCUT2D eigenvalue weighted by molar-refractivity contribution is -0.0507. The van der Waals surface area contributed by atoms with Gasteiger partial charge in [-0.3, -0.25) is 9.36 Å². The zero-order chi connectivity index (χ0) is 12.9. The molecule has 94 valence electrons. The normalized spacial score (nSPS) is 27.1. The van der Waals surface area contributed by atoms with E-state index in [1.54, 1.807) is 11.5 Å². The molecule has 1 fully saturated rings. The third-order valence-corrected chi connectivity index (χ3v) is 3.33. The molecule has 0 aliphatic heterocycles. The van der Waals surface area contributed by atoms with Crippen molar-refractivity contribution in [2.24, 2.45) is 0 Å². The second kappa shape index (κ2) is 3.52. The van der Waals surface area contributed by atoms with E-state index in [4.69, 9.17) is 0 Å². The van der Waals surface area contributed by atoms with Gasteiger partial charge in [-0.15, -0.1) is 0 Å². The van der Waals surface area contributed by atoms with Gasteiger partial charge in [-0.25, -0.2) is 9.97 Å². The Morgan fingerprint density at radius 1 is 1.39 bits per heavy atom. The molecule has 0 amide bonds. The molecule has 0 spiro atoms. The van der Waals surface area contributed by atoms with Crippen molar-refractivity contribution in [3.8, 4) is 5.75 Å². The topological polar surface area (TPSA) is 88.2 Å². The van der Waals surface area contributed by atoms with Gasteiger partial charge < -0.3 is 10.2 Å². The van der Waals surface area contributed by atoms with Gasteiger partial charge in [0.2, 0.25) is 0 Å². The zero-order valence-electron chi connectivity index (χ0n) is 9.87. The molecular weight excluding hydrogens is 234 g/mol. The molecule has 0 unspecified atom stereocenters. The summed E-state index contributed by atoms with van der Waals surface area (Å²) in [7, 11) is 0. The summed E-state index contributed by atoms with van der Waals surface area (Å²) >= 11 is 0. The van der Waals surface area contributed by atoms with Crippen molar-refractivity contribution in [3.63, 3.8) is 0 Å². The molecule has 2 N–H and O–H groups in total. The van der Waals surface area contributed by atoms with Gasteiger partial charge in [0.15, 0.2) is 5.65 Å². The number of fused-ring (bicyclic) bond motifs is 1. The van der Waals surface area contributed by atoms with Gasteiger partial charge in [0.25, 0.3) is 5.56 Å². The van der Waals surface area contributed by atoms with Crippen LogP contribution in [0.1, 0.15) is 25.8 Å². The Bertz CT molecular complexity index is 670. The fourth-order valence-corrected chi connectivity index (χ4v) is 2.50. The summed E-state index contributed by atoms with van der Waals surface area (Å²) in [6, 6.07) is 1.41. The molecule has 0 aromatic carbocycles. The smallest absolute Gasteiger partial charge is 0.270 e. The molecule has 0 radical (unpaired) electrons. The zero-order valence-corrected chi connectivity index (χ0v) is 9.87. The molecule has 18 heavy (non-hydrogen) atoms. The number of rotatable bonds is 1. The third-order valence-electron chi connectivity index (χ3n) is 3.33. The number of hydrogen-bond donors (Lipinski definition) is 2. The van der Waals surface area contributed by atoms with Crippen LogP contribution in [-0.4, -0.2) is 30.3 Å². The van der Waals surface area contributed by atoms with Crippen molar-refractivity contribution in [1.29, 1.82) is 0 Å². The second-order valence-electron chi connectivity index (χ2n) is 5.06. The van der Waals surface area contributed by atoms with Gasteiger partial charge >= 0.3 is 0 Å². The number of aliphatic hydroxyl groups is 1. The summed E-state index contributed by atoms with van der Waals surface area (Å²) in [5.41, 5.74) is -0.0282. The first-order chi connectivity index (χ1) is 8.46. The van der Waals surface area contributed by atoms with E-state index in [0.717, 1.165) is 0 Å². The Morgan fingerprint density at radius 3 is 2.78 bits per heavy atom. The van der Waals surface area contributed by atoms with Crippen LogP contribution in [0.2, 0.25) is 0 Å². The average molecular weight is 247 g/mol. The SMILES string of the molecule is CC1(O)CC(n2c(=O)cnc3cc(O)cnc32)C1. The minimum Gasteiger partial charge on any atom is -0.506 e. The molecule has 2 aromatic rings. The van der Waals surface area contributed by atoms with Crippen LogP contribution in [0, 0.1) is 0 Å². The molecule has 1 aliphatic carbocycles. The van der Waals surface area contributed by atoms with Crippen molar-refractivity contribution >= 4 is 11.2 Å². The maximum Gasteiger partial charge on any atom is 0.270 e. The summed E-state index contributed by atoms with van der Waals surface area (Å²) in [5, 5.41) is 19.1. The van der Waals surface area contributed by atoms with Gasteiger partial charge in [0.05, 0.1) is 18.0 Å². The highest BCUT2D eigenvalue weighted by Crippen LogP contribution is 2.40. The highest BCUT2D eigenvalue weighted by atomic mass is 16.3. The van der Waals surface area contributed by atoms with Gasteiger partial charge in [0, 0.05) is 12.1 Å². The highest BCUT2D eigenvalue weighted by Gasteiger charge is 2.40. The molecular formula is C12H13N3O3. The quantitative estimate of drug-likeness (QED) is 0.769. The summed E-state index contributed by atoms with van der Waals surface area (Å²) in [6.45, 7) is 1.75. The van der Waals surface area contributed by atoms with Crippen molar-refractivity contribution in [1.82, 2.24) is 14.5 Å².